The normalized spacial score (nSPS) is 18.3. The third kappa shape index (κ3) is 12.9. The molecule has 0 spiro atoms. The van der Waals surface area contributed by atoms with E-state index in [9.17, 15) is 30.4 Å². The zero-order chi connectivity index (χ0) is 46.4. The fraction of sp³-hybridized carbons (Fsp3) is 0.426. The van der Waals surface area contributed by atoms with Gasteiger partial charge >= 0.3 is 4.59 Å². The summed E-state index contributed by atoms with van der Waals surface area (Å²) in [6, 6.07) is 26.7. The van der Waals surface area contributed by atoms with Crippen LogP contribution >= 0.6 is 36.0 Å². The number of amides is 1. The van der Waals surface area contributed by atoms with Gasteiger partial charge in [0.05, 0.1) is 28.7 Å². The van der Waals surface area contributed by atoms with Crippen LogP contribution < -0.4 is 14.9 Å². The topological polar surface area (TPSA) is 128 Å². The Morgan fingerprint density at radius 2 is 1.57 bits per heavy atom. The molecule has 2 fully saturated rings. The molecule has 11 nitrogen and oxygen atoms in total. The molecule has 0 aromatic heterocycles. The number of benzene rings is 4. The molecule has 1 aliphatic carbocycles. The molecular weight excluding hydrogens is 932 g/mol. The van der Waals surface area contributed by atoms with Crippen molar-refractivity contribution in [3.63, 3.8) is 0 Å². The molecule has 18 heteroatoms. The van der Waals surface area contributed by atoms with Gasteiger partial charge in [-0.2, -0.15) is 8.78 Å². The number of alkyl halides is 2. The van der Waals surface area contributed by atoms with Crippen LogP contribution in [0.25, 0.3) is 5.57 Å². The minimum Gasteiger partial charge on any atom is -0.380 e. The maximum atomic E-state index is 14.7. The Morgan fingerprint density at radius 3 is 2.23 bits per heavy atom. The number of morpholine rings is 1. The van der Waals surface area contributed by atoms with Crippen molar-refractivity contribution in [2.24, 2.45) is 5.41 Å². The highest BCUT2D eigenvalue weighted by atomic mass is 35.5. The lowest BCUT2D eigenvalue weighted by molar-refractivity contribution is 0.0370. The van der Waals surface area contributed by atoms with Gasteiger partial charge in [-0.1, -0.05) is 74.0 Å². The number of thiol groups is 1. The molecule has 0 saturated carbocycles. The van der Waals surface area contributed by atoms with Gasteiger partial charge in [0.1, 0.15) is 0 Å². The van der Waals surface area contributed by atoms with E-state index in [1.54, 1.807) is 12.1 Å². The number of anilines is 2. The third-order valence-corrected chi connectivity index (χ3v) is 17.2. The Morgan fingerprint density at radius 1 is 0.892 bits per heavy atom. The average molecular weight is 989 g/mol. The summed E-state index contributed by atoms with van der Waals surface area (Å²) in [5.41, 5.74) is 5.04. The predicted octanol–water partition coefficient (Wildman–Crippen LogP) is 8.79. The maximum absolute atomic E-state index is 14.7. The van der Waals surface area contributed by atoms with Crippen LogP contribution in [0.2, 0.25) is 5.02 Å². The summed E-state index contributed by atoms with van der Waals surface area (Å²) < 4.78 is 86.3. The summed E-state index contributed by atoms with van der Waals surface area (Å²) >= 11 is 10.8. The van der Waals surface area contributed by atoms with Gasteiger partial charge in [0, 0.05) is 85.3 Å². The highest BCUT2D eigenvalue weighted by Crippen LogP contribution is 2.43. The molecule has 0 unspecified atom stereocenters. The molecule has 0 bridgehead atoms. The van der Waals surface area contributed by atoms with Gasteiger partial charge in [0.25, 0.3) is 25.8 Å². The number of halogens is 3. The zero-order valence-corrected chi connectivity index (χ0v) is 40.6. The van der Waals surface area contributed by atoms with Gasteiger partial charge in [0.15, 0.2) is 0 Å². The standard InChI is InChI=1S/C47H56ClF2N5O6S4/c1-46(2)20-18-42(34-8-12-37(48)13-9-34)36(31-46)32-54-22-24-55(25-23-54)39-14-10-35(11-15-39)45(56)52-65(59,60)41-16-17-43(44(30-41)64(57,58)47(49,50)62)51-38(19-21-53-26-28-61-29-27-53)33-63-40-6-4-3-5-7-40/h3-17,30,38,51,62H,18-29,31-33H2,1-2H3,(H,52,56)/t38-/m1/s1. The molecule has 4 aromatic carbocycles. The smallest absolute Gasteiger partial charge is 0.380 e. The number of hydrogen-bond acceptors (Lipinski definition) is 12. The molecule has 4 aromatic rings. The van der Waals surface area contributed by atoms with Gasteiger partial charge < -0.3 is 15.0 Å². The Hall–Kier alpha value is -3.68. The SMILES string of the molecule is CC1(C)CCC(c2ccc(Cl)cc2)=C(CN2CCN(c3ccc(C(=O)NS(=O)(=O)c4ccc(N[C@H](CCN5CCOCC5)CSc5ccccc5)c(S(=O)(=O)C(F)(F)S)c4)cc3)CC2)C1. The Labute approximate surface area is 396 Å². The van der Waals surface area contributed by atoms with Crippen molar-refractivity contribution in [2.45, 2.75) is 64.8 Å². The van der Waals surface area contributed by atoms with Gasteiger partial charge in [-0.05, 0) is 109 Å². The number of sulfonamides is 1. The van der Waals surface area contributed by atoms with Crippen LogP contribution in [0, 0.1) is 5.41 Å². The van der Waals surface area contributed by atoms with E-state index in [1.165, 1.54) is 40.6 Å². The zero-order valence-electron chi connectivity index (χ0n) is 36.5. The van der Waals surface area contributed by atoms with Crippen LogP contribution in [0.4, 0.5) is 20.2 Å². The monoisotopic (exact) mass is 987 g/mol. The van der Waals surface area contributed by atoms with Crippen LogP contribution in [0.1, 0.15) is 55.5 Å². The van der Waals surface area contributed by atoms with Crippen molar-refractivity contribution in [1.29, 1.82) is 0 Å². The predicted molar refractivity (Wildman–Crippen MR) is 260 cm³/mol. The van der Waals surface area contributed by atoms with Crippen molar-refractivity contribution < 1.29 is 35.1 Å². The Bertz CT molecular complexity index is 2530. The van der Waals surface area contributed by atoms with Gasteiger partial charge in [-0.25, -0.2) is 21.6 Å². The first-order chi connectivity index (χ1) is 30.9. The lowest BCUT2D eigenvalue weighted by Gasteiger charge is -2.39. The lowest BCUT2D eigenvalue weighted by Crippen LogP contribution is -2.47. The quantitative estimate of drug-likeness (QED) is 0.0694. The van der Waals surface area contributed by atoms with Crippen molar-refractivity contribution in [1.82, 2.24) is 14.5 Å². The van der Waals surface area contributed by atoms with Crippen molar-refractivity contribution in [3.8, 4) is 0 Å². The minimum atomic E-state index is -5.52. The van der Waals surface area contributed by atoms with Crippen molar-refractivity contribution >= 4 is 78.7 Å². The second kappa shape index (κ2) is 21.1. The number of carbonyl (C=O) groups excluding carboxylic acids is 1. The summed E-state index contributed by atoms with van der Waals surface area (Å²) in [5, 5.41) is 3.85. The second-order valence-electron chi connectivity index (χ2n) is 17.5. The molecule has 65 heavy (non-hydrogen) atoms. The molecule has 2 saturated heterocycles. The third-order valence-electron chi connectivity index (χ3n) is 12.2. The number of allylic oxidation sites excluding steroid dienone is 1. The molecule has 2 aliphatic heterocycles. The van der Waals surface area contributed by atoms with E-state index in [0.29, 0.717) is 38.0 Å². The van der Waals surface area contributed by atoms with Crippen LogP contribution in [0.5, 0.6) is 0 Å². The van der Waals surface area contributed by atoms with E-state index >= 15 is 0 Å². The molecule has 2 heterocycles. The fourth-order valence-corrected chi connectivity index (χ4v) is 12.0. The second-order valence-corrected chi connectivity index (χ2v) is 23.6. The van der Waals surface area contributed by atoms with E-state index in [0.717, 1.165) is 92.8 Å². The first-order valence-corrected chi connectivity index (χ1v) is 26.5. The first kappa shape index (κ1) is 49.2. The Kier molecular flexibility index (Phi) is 16.0. The van der Waals surface area contributed by atoms with Crippen LogP contribution in [-0.4, -0.2) is 114 Å². The molecule has 350 valence electrons. The summed E-state index contributed by atoms with van der Waals surface area (Å²) in [7, 11) is -10.3. The number of rotatable bonds is 17. The van der Waals surface area contributed by atoms with E-state index in [4.69, 9.17) is 16.3 Å². The van der Waals surface area contributed by atoms with E-state index in [2.05, 4.69) is 58.6 Å². The van der Waals surface area contributed by atoms with Crippen LogP contribution in [0.3, 0.4) is 0 Å². The number of nitrogens with zero attached hydrogens (tertiary/aromatic N) is 3. The Balaban J connectivity index is 1.02. The van der Waals surface area contributed by atoms with Gasteiger partial charge in [-0.3, -0.25) is 14.6 Å². The van der Waals surface area contributed by atoms with Crippen LogP contribution in [-0.2, 0) is 24.6 Å². The molecule has 1 amide bonds. The molecule has 3 aliphatic rings. The summed E-state index contributed by atoms with van der Waals surface area (Å²) in [4.78, 5) is 19.6. The number of carbonyl (C=O) groups is 1. The molecule has 2 N–H and O–H groups in total. The van der Waals surface area contributed by atoms with Gasteiger partial charge in [-0.15, -0.1) is 11.8 Å². The first-order valence-electron chi connectivity index (χ1n) is 21.7. The molecule has 0 radical (unpaired) electrons. The number of hydrogen-bond donors (Lipinski definition) is 3. The highest BCUT2D eigenvalue weighted by Gasteiger charge is 2.44. The highest BCUT2D eigenvalue weighted by molar-refractivity contribution is 8.05. The number of sulfone groups is 1. The van der Waals surface area contributed by atoms with Crippen LogP contribution in [0.15, 0.2) is 117 Å². The van der Waals surface area contributed by atoms with E-state index < -0.39 is 46.2 Å². The molecule has 7 rings (SSSR count). The molecular formula is C47H56ClF2N5O6S4. The van der Waals surface area contributed by atoms with Gasteiger partial charge in [0.2, 0.25) is 0 Å². The summed E-state index contributed by atoms with van der Waals surface area (Å²) in [6.07, 6.45) is 3.71. The number of ether oxygens (including phenoxy) is 1. The van der Waals surface area contributed by atoms with E-state index in [-0.39, 0.29) is 16.7 Å². The number of thioether (sulfide) groups is 1. The number of nitrogens with one attached hydrogen (secondary N) is 2. The summed E-state index contributed by atoms with van der Waals surface area (Å²) in [6.45, 7) is 12.0. The fourth-order valence-electron chi connectivity index (χ4n) is 8.50. The average Bonchev–Trinajstić information content (AvgIpc) is 3.28. The maximum Gasteiger partial charge on any atom is 0.394 e. The molecule has 1 atom stereocenters. The largest absolute Gasteiger partial charge is 0.394 e. The van der Waals surface area contributed by atoms with Crippen molar-refractivity contribution in [2.75, 3.05) is 81.5 Å². The minimum absolute atomic E-state index is 0.0459. The van der Waals surface area contributed by atoms with Crippen molar-refractivity contribution in [3.05, 3.63) is 119 Å². The number of piperazine rings is 1. The van der Waals surface area contributed by atoms with E-state index in [1.807, 2.05) is 47.2 Å². The lowest BCUT2D eigenvalue weighted by atomic mass is 9.73. The summed E-state index contributed by atoms with van der Waals surface area (Å²) in [5.74, 6) is -0.520.